The molecule has 9 heteroatoms. The minimum atomic E-state index is -1.10. The average Bonchev–Trinajstić information content (AvgIpc) is 3.40. The van der Waals surface area contributed by atoms with Crippen molar-refractivity contribution < 1.29 is 24.2 Å². The molecule has 1 atom stereocenters. The number of carbonyl (C=O) groups is 3. The molecule has 0 spiro atoms. The van der Waals surface area contributed by atoms with Crippen molar-refractivity contribution >= 4 is 23.7 Å². The van der Waals surface area contributed by atoms with Crippen LogP contribution in [0.5, 0.6) is 0 Å². The van der Waals surface area contributed by atoms with Crippen molar-refractivity contribution in [3.63, 3.8) is 0 Å². The van der Waals surface area contributed by atoms with E-state index < -0.39 is 23.6 Å². The molecule has 3 N–H and O–H groups in total. The van der Waals surface area contributed by atoms with E-state index in [1.165, 1.54) is 17.1 Å². The molecule has 4 rings (SSSR count). The van der Waals surface area contributed by atoms with Gasteiger partial charge in [0.25, 0.3) is 0 Å². The summed E-state index contributed by atoms with van der Waals surface area (Å²) < 4.78 is 6.97. The van der Waals surface area contributed by atoms with Gasteiger partial charge in [-0.1, -0.05) is 48.5 Å². The van der Waals surface area contributed by atoms with Crippen LogP contribution in [0.15, 0.2) is 60.9 Å². The quantitative estimate of drug-likeness (QED) is 0.452. The Hall–Kier alpha value is -4.14. The van der Waals surface area contributed by atoms with Crippen molar-refractivity contribution in [3.8, 4) is 11.1 Å². The van der Waals surface area contributed by atoms with Crippen LogP contribution in [-0.4, -0.2) is 45.5 Å². The normalized spacial score (nSPS) is 13.5. The highest BCUT2D eigenvalue weighted by molar-refractivity contribution is 5.86. The van der Waals surface area contributed by atoms with Crippen LogP contribution in [0.1, 0.15) is 44.2 Å². The van der Waals surface area contributed by atoms with Crippen LogP contribution < -0.4 is 10.6 Å². The number of carbonyl (C=O) groups excluding carboxylic acids is 2. The van der Waals surface area contributed by atoms with Crippen molar-refractivity contribution in [1.82, 2.24) is 15.1 Å². The zero-order valence-electron chi connectivity index (χ0n) is 19.8. The van der Waals surface area contributed by atoms with E-state index in [1.807, 2.05) is 24.3 Å². The number of amides is 2. The number of ether oxygens (including phenoxy) is 1. The summed E-state index contributed by atoms with van der Waals surface area (Å²) in [5.41, 5.74) is 3.82. The lowest BCUT2D eigenvalue weighted by Crippen LogP contribution is -2.48. The lowest BCUT2D eigenvalue weighted by atomic mass is 9.98. The zero-order valence-corrected chi connectivity index (χ0v) is 19.8. The SMILES string of the molecule is CC(CC(=O)O)NC(=O)C(C)(C)n1cc(NC(=O)OCC2c3ccccc3-c3ccccc32)cn1. The Morgan fingerprint density at radius 2 is 1.69 bits per heavy atom. The van der Waals surface area contributed by atoms with E-state index in [4.69, 9.17) is 9.84 Å². The number of carboxylic acid groups (broad SMARTS) is 1. The smallest absolute Gasteiger partial charge is 0.411 e. The van der Waals surface area contributed by atoms with Gasteiger partial charge in [0, 0.05) is 18.2 Å². The average molecular weight is 477 g/mol. The number of aliphatic carboxylic acids is 1. The number of carboxylic acids is 1. The van der Waals surface area contributed by atoms with Gasteiger partial charge in [-0.2, -0.15) is 5.10 Å². The molecule has 1 heterocycles. The zero-order chi connectivity index (χ0) is 25.2. The van der Waals surface area contributed by atoms with E-state index in [0.717, 1.165) is 22.3 Å². The topological polar surface area (TPSA) is 123 Å². The molecular weight excluding hydrogens is 448 g/mol. The number of fused-ring (bicyclic) bond motifs is 3. The molecule has 3 aromatic rings. The largest absolute Gasteiger partial charge is 0.481 e. The second-order valence-corrected chi connectivity index (χ2v) is 9.16. The fraction of sp³-hybridized carbons (Fsp3) is 0.308. The third-order valence-electron chi connectivity index (χ3n) is 6.16. The number of aromatic nitrogens is 2. The lowest BCUT2D eigenvalue weighted by molar-refractivity contribution is -0.138. The Bertz CT molecular complexity index is 1220. The summed E-state index contributed by atoms with van der Waals surface area (Å²) in [5, 5.41) is 18.4. The maximum absolute atomic E-state index is 12.7. The molecule has 1 unspecified atom stereocenters. The summed E-state index contributed by atoms with van der Waals surface area (Å²) in [6, 6.07) is 15.7. The maximum atomic E-state index is 12.7. The molecule has 1 aliphatic rings. The maximum Gasteiger partial charge on any atom is 0.411 e. The fourth-order valence-electron chi connectivity index (χ4n) is 4.26. The second kappa shape index (κ2) is 9.61. The van der Waals surface area contributed by atoms with Crippen molar-refractivity contribution in [2.75, 3.05) is 11.9 Å². The fourth-order valence-corrected chi connectivity index (χ4v) is 4.26. The van der Waals surface area contributed by atoms with E-state index >= 15 is 0 Å². The Labute approximate surface area is 203 Å². The third-order valence-corrected chi connectivity index (χ3v) is 6.16. The van der Waals surface area contributed by atoms with Crippen molar-refractivity contribution in [2.24, 2.45) is 0 Å². The first-order chi connectivity index (χ1) is 16.7. The van der Waals surface area contributed by atoms with Gasteiger partial charge in [0.2, 0.25) is 5.91 Å². The number of nitrogens with zero attached hydrogens (tertiary/aromatic N) is 2. The molecule has 1 aromatic heterocycles. The van der Waals surface area contributed by atoms with Crippen LogP contribution in [0.2, 0.25) is 0 Å². The Kier molecular flexibility index (Phi) is 6.59. The number of hydrogen-bond acceptors (Lipinski definition) is 5. The molecule has 0 saturated carbocycles. The van der Waals surface area contributed by atoms with E-state index in [-0.39, 0.29) is 24.9 Å². The summed E-state index contributed by atoms with van der Waals surface area (Å²) in [6.45, 7) is 5.11. The van der Waals surface area contributed by atoms with Crippen molar-refractivity contribution in [1.29, 1.82) is 0 Å². The van der Waals surface area contributed by atoms with Gasteiger partial charge in [0.1, 0.15) is 12.1 Å². The van der Waals surface area contributed by atoms with E-state index in [2.05, 4.69) is 40.0 Å². The van der Waals surface area contributed by atoms with Gasteiger partial charge in [0.15, 0.2) is 0 Å². The number of rotatable bonds is 8. The third kappa shape index (κ3) is 5.03. The minimum absolute atomic E-state index is 0.0497. The number of nitrogens with one attached hydrogen (secondary N) is 2. The molecular formula is C26H28N4O5. The van der Waals surface area contributed by atoms with E-state index in [9.17, 15) is 14.4 Å². The summed E-state index contributed by atoms with van der Waals surface area (Å²) in [4.78, 5) is 36.0. The highest BCUT2D eigenvalue weighted by Gasteiger charge is 2.32. The van der Waals surface area contributed by atoms with Crippen molar-refractivity contribution in [2.45, 2.75) is 44.7 Å². The molecule has 0 aliphatic heterocycles. The Morgan fingerprint density at radius 1 is 1.09 bits per heavy atom. The van der Waals surface area contributed by atoms with Crippen LogP contribution >= 0.6 is 0 Å². The lowest BCUT2D eigenvalue weighted by Gasteiger charge is -2.26. The first-order valence-electron chi connectivity index (χ1n) is 11.4. The second-order valence-electron chi connectivity index (χ2n) is 9.16. The number of anilines is 1. The Morgan fingerprint density at radius 3 is 2.29 bits per heavy atom. The van der Waals surface area contributed by atoms with Crippen molar-refractivity contribution in [3.05, 3.63) is 72.1 Å². The van der Waals surface area contributed by atoms with E-state index in [0.29, 0.717) is 5.69 Å². The highest BCUT2D eigenvalue weighted by atomic mass is 16.5. The van der Waals surface area contributed by atoms with Crippen LogP contribution in [0.25, 0.3) is 11.1 Å². The van der Waals surface area contributed by atoms with Gasteiger partial charge < -0.3 is 15.2 Å². The number of benzene rings is 2. The molecule has 182 valence electrons. The van der Waals surface area contributed by atoms with Gasteiger partial charge in [-0.3, -0.25) is 19.6 Å². The van der Waals surface area contributed by atoms with Gasteiger partial charge in [-0.15, -0.1) is 0 Å². The molecule has 2 aromatic carbocycles. The summed E-state index contributed by atoms with van der Waals surface area (Å²) in [5.74, 6) is -1.43. The summed E-state index contributed by atoms with van der Waals surface area (Å²) in [6.07, 6.45) is 2.15. The predicted octanol–water partition coefficient (Wildman–Crippen LogP) is 3.96. The molecule has 0 bridgehead atoms. The van der Waals surface area contributed by atoms with Crippen LogP contribution in [-0.2, 0) is 19.9 Å². The van der Waals surface area contributed by atoms with Crippen LogP contribution in [0.4, 0.5) is 10.5 Å². The standard InChI is InChI=1S/C26H28N4O5/c1-16(12-23(31)32)28-24(33)26(2,3)30-14-17(13-27-30)29-25(34)35-15-22-20-10-6-4-8-18(20)19-9-5-7-11-21(19)22/h4-11,13-14,16,22H,12,15H2,1-3H3,(H,28,33)(H,29,34)(H,31,32). The summed E-state index contributed by atoms with van der Waals surface area (Å²) >= 11 is 0. The molecule has 1 aliphatic carbocycles. The van der Waals surface area contributed by atoms with Crippen LogP contribution in [0.3, 0.4) is 0 Å². The van der Waals surface area contributed by atoms with E-state index in [1.54, 1.807) is 20.8 Å². The molecule has 0 fully saturated rings. The van der Waals surface area contributed by atoms with Gasteiger partial charge in [-0.05, 0) is 43.0 Å². The van der Waals surface area contributed by atoms with Crippen LogP contribution in [0, 0.1) is 0 Å². The van der Waals surface area contributed by atoms with Gasteiger partial charge in [0.05, 0.1) is 18.3 Å². The monoisotopic (exact) mass is 476 g/mol. The first-order valence-corrected chi connectivity index (χ1v) is 11.4. The molecule has 2 amide bonds. The summed E-state index contributed by atoms with van der Waals surface area (Å²) in [7, 11) is 0. The molecule has 0 radical (unpaired) electrons. The Balaban J connectivity index is 1.38. The molecule has 9 nitrogen and oxygen atoms in total. The first kappa shape index (κ1) is 24.0. The number of hydrogen-bond donors (Lipinski definition) is 3. The molecule has 0 saturated heterocycles. The minimum Gasteiger partial charge on any atom is -0.481 e. The highest BCUT2D eigenvalue weighted by Crippen LogP contribution is 2.44. The molecule has 35 heavy (non-hydrogen) atoms. The predicted molar refractivity (Wildman–Crippen MR) is 130 cm³/mol. The van der Waals surface area contributed by atoms with Gasteiger partial charge >= 0.3 is 12.1 Å². The van der Waals surface area contributed by atoms with Gasteiger partial charge in [-0.25, -0.2) is 4.79 Å².